The highest BCUT2D eigenvalue weighted by Gasteiger charge is 2.28. The van der Waals surface area contributed by atoms with E-state index in [0.29, 0.717) is 17.1 Å². The number of ether oxygens (including phenoxy) is 3. The summed E-state index contributed by atoms with van der Waals surface area (Å²) < 4.78 is 18.8. The van der Waals surface area contributed by atoms with Crippen LogP contribution in [0.15, 0.2) is 84.8 Å². The number of para-hydroxylation sites is 1. The molecule has 0 saturated carbocycles. The zero-order valence-corrected chi connectivity index (χ0v) is 18.7. The minimum absolute atomic E-state index is 0.183. The first-order valence-corrected chi connectivity index (χ1v) is 11.1. The van der Waals surface area contributed by atoms with Crippen LogP contribution < -0.4 is 9.47 Å². The molecule has 170 valence electrons. The van der Waals surface area contributed by atoms with Crippen LogP contribution in [0, 0.1) is 0 Å². The molecule has 0 fully saturated rings. The van der Waals surface area contributed by atoms with Gasteiger partial charge in [0, 0.05) is 35.3 Å². The van der Waals surface area contributed by atoms with Crippen LogP contribution in [0.4, 0.5) is 0 Å². The molecule has 1 aliphatic rings. The lowest BCUT2D eigenvalue weighted by molar-refractivity contribution is -0.147. The molecule has 34 heavy (non-hydrogen) atoms. The number of aryl methyl sites for hydroxylation is 1. The maximum Gasteiger partial charge on any atom is 0.344 e. The molecule has 1 aromatic heterocycles. The molecule has 6 heteroatoms. The highest BCUT2D eigenvalue weighted by atomic mass is 16.6. The fraction of sp³-hybridized carbons (Fsp3) is 0.143. The van der Waals surface area contributed by atoms with E-state index in [2.05, 4.69) is 17.6 Å². The summed E-state index contributed by atoms with van der Waals surface area (Å²) in [5.41, 5.74) is 3.40. The van der Waals surface area contributed by atoms with Crippen LogP contribution in [0.25, 0.3) is 17.0 Å². The van der Waals surface area contributed by atoms with Crippen LogP contribution in [0.2, 0.25) is 0 Å². The Morgan fingerprint density at radius 3 is 2.65 bits per heavy atom. The van der Waals surface area contributed by atoms with Crippen molar-refractivity contribution in [3.8, 4) is 11.5 Å². The number of nitrogens with zero attached hydrogens (tertiary/aromatic N) is 1. The predicted octanol–water partition coefficient (Wildman–Crippen LogP) is 5.40. The van der Waals surface area contributed by atoms with Gasteiger partial charge in [-0.15, -0.1) is 0 Å². The van der Waals surface area contributed by atoms with Crippen LogP contribution in [0.3, 0.4) is 0 Å². The second kappa shape index (κ2) is 9.27. The normalized spacial score (nSPS) is 13.7. The first-order valence-electron chi connectivity index (χ1n) is 11.1. The number of aromatic nitrogens is 1. The largest absolute Gasteiger partial charge is 0.482 e. The highest BCUT2D eigenvalue weighted by Crippen LogP contribution is 2.35. The van der Waals surface area contributed by atoms with Gasteiger partial charge in [-0.25, -0.2) is 4.79 Å². The van der Waals surface area contributed by atoms with Gasteiger partial charge >= 0.3 is 5.97 Å². The van der Waals surface area contributed by atoms with Crippen molar-refractivity contribution in [2.45, 2.75) is 20.1 Å². The fourth-order valence-corrected chi connectivity index (χ4v) is 3.97. The van der Waals surface area contributed by atoms with Gasteiger partial charge in [0.15, 0.2) is 12.4 Å². The maximum atomic E-state index is 12.9. The molecular formula is C28H23NO5. The number of ketones is 1. The molecule has 5 rings (SSSR count). The van der Waals surface area contributed by atoms with E-state index in [4.69, 9.17) is 14.2 Å². The Kier molecular flexibility index (Phi) is 5.87. The van der Waals surface area contributed by atoms with E-state index in [1.165, 1.54) is 0 Å². The van der Waals surface area contributed by atoms with Gasteiger partial charge in [-0.05, 0) is 36.8 Å². The predicted molar refractivity (Wildman–Crippen MR) is 129 cm³/mol. The lowest BCUT2D eigenvalue weighted by Crippen LogP contribution is -2.14. The van der Waals surface area contributed by atoms with E-state index < -0.39 is 5.97 Å². The lowest BCUT2D eigenvalue weighted by atomic mass is 10.1. The van der Waals surface area contributed by atoms with Gasteiger partial charge in [-0.1, -0.05) is 48.5 Å². The van der Waals surface area contributed by atoms with E-state index in [0.717, 1.165) is 28.6 Å². The van der Waals surface area contributed by atoms with E-state index in [1.54, 1.807) is 24.3 Å². The topological polar surface area (TPSA) is 66.8 Å². The zero-order valence-electron chi connectivity index (χ0n) is 18.7. The molecule has 0 saturated heterocycles. The second-order valence-electron chi connectivity index (χ2n) is 7.92. The molecule has 0 amide bonds. The average Bonchev–Trinajstić information content (AvgIpc) is 3.39. The maximum absolute atomic E-state index is 12.9. The number of hydrogen-bond acceptors (Lipinski definition) is 5. The monoisotopic (exact) mass is 453 g/mol. The summed E-state index contributed by atoms with van der Waals surface area (Å²) in [7, 11) is 0. The summed E-state index contributed by atoms with van der Waals surface area (Å²) in [6, 6.07) is 22.4. The molecule has 0 atom stereocenters. The number of esters is 1. The summed E-state index contributed by atoms with van der Waals surface area (Å²) >= 11 is 0. The van der Waals surface area contributed by atoms with Crippen LogP contribution in [-0.2, 0) is 22.7 Å². The molecule has 0 N–H and O–H groups in total. The summed E-state index contributed by atoms with van der Waals surface area (Å²) in [6.45, 7) is 2.86. The number of hydrogen-bond donors (Lipinski definition) is 0. The van der Waals surface area contributed by atoms with Crippen LogP contribution in [0.1, 0.15) is 28.4 Å². The van der Waals surface area contributed by atoms with Crippen molar-refractivity contribution in [2.75, 3.05) is 6.61 Å². The van der Waals surface area contributed by atoms with Crippen molar-refractivity contribution < 1.29 is 23.8 Å². The number of carbonyl (C=O) groups excluding carboxylic acids is 2. The fourth-order valence-electron chi connectivity index (χ4n) is 3.97. The third-order valence-electron chi connectivity index (χ3n) is 5.69. The Morgan fingerprint density at radius 2 is 1.82 bits per heavy atom. The standard InChI is InChI=1S/C28H23NO5/c1-2-29-16-20(22-10-6-7-11-24(22)29)14-26-28(31)23-13-12-21(15-25(23)34-26)32-18-27(30)33-17-19-8-4-3-5-9-19/h3-16H,2,17-18H2,1H3/b26-14-. The molecule has 0 bridgehead atoms. The Hall–Kier alpha value is -4.32. The second-order valence-corrected chi connectivity index (χ2v) is 7.92. The van der Waals surface area contributed by atoms with Gasteiger partial charge in [0.2, 0.25) is 5.78 Å². The van der Waals surface area contributed by atoms with Gasteiger partial charge in [0.25, 0.3) is 0 Å². The molecule has 0 aliphatic carbocycles. The molecule has 6 nitrogen and oxygen atoms in total. The smallest absolute Gasteiger partial charge is 0.344 e. The van der Waals surface area contributed by atoms with Crippen molar-refractivity contribution in [3.05, 3.63) is 101 Å². The van der Waals surface area contributed by atoms with Crippen molar-refractivity contribution in [2.24, 2.45) is 0 Å². The number of rotatable bonds is 7. The Morgan fingerprint density at radius 1 is 1.03 bits per heavy atom. The molecule has 0 spiro atoms. The van der Waals surface area contributed by atoms with Crippen LogP contribution in [-0.4, -0.2) is 22.9 Å². The van der Waals surface area contributed by atoms with E-state index in [1.807, 2.05) is 54.7 Å². The molecule has 0 unspecified atom stereocenters. The quantitative estimate of drug-likeness (QED) is 0.277. The minimum atomic E-state index is -0.478. The number of allylic oxidation sites excluding steroid dienone is 1. The lowest BCUT2D eigenvalue weighted by Gasteiger charge is -2.08. The van der Waals surface area contributed by atoms with Crippen molar-refractivity contribution >= 4 is 28.7 Å². The molecule has 2 heterocycles. The number of benzene rings is 3. The Bertz CT molecular complexity index is 1400. The third kappa shape index (κ3) is 4.30. The van der Waals surface area contributed by atoms with E-state index in [9.17, 15) is 9.59 Å². The summed E-state index contributed by atoms with van der Waals surface area (Å²) in [6.07, 6.45) is 3.80. The summed E-state index contributed by atoms with van der Waals surface area (Å²) in [4.78, 5) is 24.9. The number of Topliss-reactive ketones (excluding diaryl/α,β-unsaturated/α-hetero) is 1. The zero-order chi connectivity index (χ0) is 23.5. The molecule has 1 aliphatic heterocycles. The number of carbonyl (C=O) groups is 2. The third-order valence-corrected chi connectivity index (χ3v) is 5.69. The molecular weight excluding hydrogens is 430 g/mol. The Labute approximate surface area is 197 Å². The first kappa shape index (κ1) is 21.5. The molecule has 3 aromatic carbocycles. The van der Waals surface area contributed by atoms with Gasteiger partial charge < -0.3 is 18.8 Å². The summed E-state index contributed by atoms with van der Waals surface area (Å²) in [5, 5.41) is 1.06. The van der Waals surface area contributed by atoms with Gasteiger partial charge in [0.05, 0.1) is 5.56 Å². The minimum Gasteiger partial charge on any atom is -0.482 e. The van der Waals surface area contributed by atoms with E-state index in [-0.39, 0.29) is 24.8 Å². The van der Waals surface area contributed by atoms with E-state index >= 15 is 0 Å². The first-order chi connectivity index (χ1) is 16.6. The highest BCUT2D eigenvalue weighted by molar-refractivity contribution is 6.15. The van der Waals surface area contributed by atoms with Gasteiger partial charge in [0.1, 0.15) is 18.1 Å². The van der Waals surface area contributed by atoms with Crippen molar-refractivity contribution in [3.63, 3.8) is 0 Å². The summed E-state index contributed by atoms with van der Waals surface area (Å²) in [5.74, 6) is 0.428. The number of fused-ring (bicyclic) bond motifs is 2. The van der Waals surface area contributed by atoms with Gasteiger partial charge in [-0.3, -0.25) is 4.79 Å². The molecule has 0 radical (unpaired) electrons. The Balaban J connectivity index is 1.27. The van der Waals surface area contributed by atoms with Crippen LogP contribution >= 0.6 is 0 Å². The average molecular weight is 453 g/mol. The van der Waals surface area contributed by atoms with Crippen molar-refractivity contribution in [1.82, 2.24) is 4.57 Å². The van der Waals surface area contributed by atoms with Crippen molar-refractivity contribution in [1.29, 1.82) is 0 Å². The SMILES string of the molecule is CCn1cc(/C=C2\Oc3cc(OCC(=O)OCc4ccccc4)ccc3C2=O)c2ccccc21. The van der Waals surface area contributed by atoms with Gasteiger partial charge in [-0.2, -0.15) is 0 Å². The molecule has 4 aromatic rings. The van der Waals surface area contributed by atoms with Crippen LogP contribution in [0.5, 0.6) is 11.5 Å².